The number of rotatable bonds is 2. The number of ether oxygens (including phenoxy) is 2. The average molecular weight is 306 g/mol. The fourth-order valence-corrected chi connectivity index (χ4v) is 1.90. The van der Waals surface area contributed by atoms with Crippen LogP contribution in [0.4, 0.5) is 10.5 Å². The molecular formula is C15H18N2O5. The van der Waals surface area contributed by atoms with Gasteiger partial charge in [-0.05, 0) is 33.8 Å². The fraction of sp³-hybridized carbons (Fsp3) is 0.400. The molecule has 0 bridgehead atoms. The van der Waals surface area contributed by atoms with Gasteiger partial charge in [0.1, 0.15) is 5.60 Å². The normalized spacial score (nSPS) is 11.3. The molecule has 1 N–H and O–H groups in total. The lowest BCUT2D eigenvalue weighted by Gasteiger charge is -2.20. The number of hydrogen-bond donors (Lipinski definition) is 1. The second-order valence-electron chi connectivity index (χ2n) is 5.78. The first-order valence-electron chi connectivity index (χ1n) is 6.69. The van der Waals surface area contributed by atoms with Crippen molar-refractivity contribution < 1.29 is 23.6 Å². The number of amides is 1. The Balaban J connectivity index is 2.43. The van der Waals surface area contributed by atoms with E-state index in [1.54, 1.807) is 33.8 Å². The topological polar surface area (TPSA) is 90.7 Å². The number of carbonyl (C=O) groups excluding carboxylic acids is 2. The molecule has 1 aromatic heterocycles. The Labute approximate surface area is 127 Å². The first kappa shape index (κ1) is 15.8. The largest absolute Gasteiger partial charge is 0.465 e. The number of fused-ring (bicyclic) bond motifs is 1. The van der Waals surface area contributed by atoms with Crippen LogP contribution in [0.1, 0.15) is 36.8 Å². The third-order valence-corrected chi connectivity index (χ3v) is 2.83. The highest BCUT2D eigenvalue weighted by atomic mass is 16.6. The van der Waals surface area contributed by atoms with Gasteiger partial charge >= 0.3 is 12.1 Å². The van der Waals surface area contributed by atoms with Crippen LogP contribution in [0.25, 0.3) is 11.0 Å². The highest BCUT2D eigenvalue weighted by molar-refractivity contribution is 6.04. The van der Waals surface area contributed by atoms with E-state index in [-0.39, 0.29) is 11.3 Å². The van der Waals surface area contributed by atoms with Gasteiger partial charge in [0.15, 0.2) is 5.58 Å². The summed E-state index contributed by atoms with van der Waals surface area (Å²) in [4.78, 5) is 23.8. The van der Waals surface area contributed by atoms with E-state index in [1.165, 1.54) is 13.2 Å². The van der Waals surface area contributed by atoms with Gasteiger partial charge in [-0.2, -0.15) is 0 Å². The summed E-state index contributed by atoms with van der Waals surface area (Å²) in [7, 11) is 1.26. The maximum Gasteiger partial charge on any atom is 0.412 e. The summed E-state index contributed by atoms with van der Waals surface area (Å²) in [6, 6.07) is 3.09. The molecule has 7 heteroatoms. The third-order valence-electron chi connectivity index (χ3n) is 2.83. The SMILES string of the molecule is COC(=O)c1cc2onc(C)c2cc1NC(=O)OC(C)(C)C. The molecule has 0 spiro atoms. The molecule has 0 unspecified atom stereocenters. The molecule has 0 fully saturated rings. The van der Waals surface area contributed by atoms with Crippen LogP contribution in [-0.2, 0) is 9.47 Å². The molecule has 0 saturated carbocycles. The Morgan fingerprint density at radius 2 is 1.95 bits per heavy atom. The Bertz CT molecular complexity index is 727. The maximum atomic E-state index is 11.9. The highest BCUT2D eigenvalue weighted by Gasteiger charge is 2.21. The first-order valence-corrected chi connectivity index (χ1v) is 6.69. The van der Waals surface area contributed by atoms with Crippen LogP contribution in [0.3, 0.4) is 0 Å². The highest BCUT2D eigenvalue weighted by Crippen LogP contribution is 2.27. The second kappa shape index (κ2) is 5.67. The smallest absolute Gasteiger partial charge is 0.412 e. The molecule has 0 radical (unpaired) electrons. The van der Waals surface area contributed by atoms with Crippen LogP contribution in [0.5, 0.6) is 0 Å². The van der Waals surface area contributed by atoms with Gasteiger partial charge in [-0.1, -0.05) is 5.16 Å². The molecule has 1 heterocycles. The standard InChI is InChI=1S/C15H18N2O5/c1-8-9-6-11(16-14(19)21-15(2,3)4)10(13(18)20-5)7-12(9)22-17-8/h6-7H,1-5H3,(H,16,19). The van der Waals surface area contributed by atoms with E-state index in [2.05, 4.69) is 10.5 Å². The van der Waals surface area contributed by atoms with Crippen LogP contribution < -0.4 is 5.32 Å². The lowest BCUT2D eigenvalue weighted by atomic mass is 10.1. The number of esters is 1. The monoisotopic (exact) mass is 306 g/mol. The van der Waals surface area contributed by atoms with Gasteiger partial charge in [-0.3, -0.25) is 5.32 Å². The van der Waals surface area contributed by atoms with Gasteiger partial charge in [0.05, 0.1) is 24.1 Å². The van der Waals surface area contributed by atoms with Gasteiger partial charge < -0.3 is 14.0 Å². The zero-order valence-electron chi connectivity index (χ0n) is 13.1. The number of anilines is 1. The van der Waals surface area contributed by atoms with Crippen molar-refractivity contribution in [2.45, 2.75) is 33.3 Å². The van der Waals surface area contributed by atoms with E-state index in [0.717, 1.165) is 0 Å². The van der Waals surface area contributed by atoms with Gasteiger partial charge in [0, 0.05) is 11.5 Å². The Hall–Kier alpha value is -2.57. The number of benzene rings is 1. The average Bonchev–Trinajstić information content (AvgIpc) is 2.76. The molecule has 22 heavy (non-hydrogen) atoms. The molecule has 118 valence electrons. The van der Waals surface area contributed by atoms with Crippen LogP contribution in [0, 0.1) is 6.92 Å². The summed E-state index contributed by atoms with van der Waals surface area (Å²) < 4.78 is 15.0. The number of nitrogens with one attached hydrogen (secondary N) is 1. The zero-order valence-corrected chi connectivity index (χ0v) is 13.1. The number of carbonyl (C=O) groups is 2. The molecule has 7 nitrogen and oxygen atoms in total. The minimum atomic E-state index is -0.661. The van der Waals surface area contributed by atoms with Crippen molar-refractivity contribution in [2.24, 2.45) is 0 Å². The molecule has 0 aliphatic carbocycles. The van der Waals surface area contributed by atoms with Crippen molar-refractivity contribution in [1.29, 1.82) is 0 Å². The van der Waals surface area contributed by atoms with Crippen molar-refractivity contribution in [2.75, 3.05) is 12.4 Å². The number of aromatic nitrogens is 1. The Morgan fingerprint density at radius 1 is 1.27 bits per heavy atom. The van der Waals surface area contributed by atoms with Gasteiger partial charge in [0.2, 0.25) is 0 Å². The summed E-state index contributed by atoms with van der Waals surface area (Å²) in [5, 5.41) is 7.08. The number of hydrogen-bond acceptors (Lipinski definition) is 6. The van der Waals surface area contributed by atoms with Gasteiger partial charge in [-0.15, -0.1) is 0 Å². The number of methoxy groups -OCH3 is 1. The van der Waals surface area contributed by atoms with Crippen molar-refractivity contribution in [1.82, 2.24) is 5.16 Å². The van der Waals surface area contributed by atoms with Crippen molar-refractivity contribution >= 4 is 28.7 Å². The minimum Gasteiger partial charge on any atom is -0.465 e. The molecule has 2 rings (SSSR count). The van der Waals surface area contributed by atoms with E-state index in [4.69, 9.17) is 14.0 Å². The lowest BCUT2D eigenvalue weighted by Crippen LogP contribution is -2.27. The van der Waals surface area contributed by atoms with Crippen LogP contribution in [0.2, 0.25) is 0 Å². The number of aryl methyl sites for hydroxylation is 1. The molecule has 0 aliphatic rings. The van der Waals surface area contributed by atoms with E-state index in [0.29, 0.717) is 16.7 Å². The van der Waals surface area contributed by atoms with E-state index < -0.39 is 17.7 Å². The van der Waals surface area contributed by atoms with E-state index in [9.17, 15) is 9.59 Å². The predicted molar refractivity (Wildman–Crippen MR) is 79.9 cm³/mol. The van der Waals surface area contributed by atoms with Crippen molar-refractivity contribution in [3.05, 3.63) is 23.4 Å². The third kappa shape index (κ3) is 3.36. The minimum absolute atomic E-state index is 0.164. The van der Waals surface area contributed by atoms with Crippen molar-refractivity contribution in [3.63, 3.8) is 0 Å². The molecule has 0 atom stereocenters. The lowest BCUT2D eigenvalue weighted by molar-refractivity contribution is 0.0602. The molecular weight excluding hydrogens is 288 g/mol. The van der Waals surface area contributed by atoms with Crippen LogP contribution in [-0.4, -0.2) is 29.9 Å². The molecule has 0 aliphatic heterocycles. The molecule has 0 saturated heterocycles. The zero-order chi connectivity index (χ0) is 16.5. The second-order valence-corrected chi connectivity index (χ2v) is 5.78. The summed E-state index contributed by atoms with van der Waals surface area (Å²) in [5.74, 6) is -0.595. The first-order chi connectivity index (χ1) is 10.2. The van der Waals surface area contributed by atoms with Gasteiger partial charge in [-0.25, -0.2) is 9.59 Å². The van der Waals surface area contributed by atoms with E-state index in [1.807, 2.05) is 0 Å². The Morgan fingerprint density at radius 3 is 2.55 bits per heavy atom. The summed E-state index contributed by atoms with van der Waals surface area (Å²) in [6.45, 7) is 7.02. The summed E-state index contributed by atoms with van der Waals surface area (Å²) in [6.07, 6.45) is -0.661. The quantitative estimate of drug-likeness (QED) is 0.856. The number of nitrogens with zero attached hydrogens (tertiary/aromatic N) is 1. The molecule has 1 amide bonds. The van der Waals surface area contributed by atoms with Gasteiger partial charge in [0.25, 0.3) is 0 Å². The molecule has 2 aromatic rings. The summed E-state index contributed by atoms with van der Waals surface area (Å²) in [5.41, 5.74) is 0.885. The maximum absolute atomic E-state index is 11.9. The van der Waals surface area contributed by atoms with Crippen molar-refractivity contribution in [3.8, 4) is 0 Å². The Kier molecular flexibility index (Phi) is 4.07. The predicted octanol–water partition coefficient (Wildman–Crippen LogP) is 3.27. The van der Waals surface area contributed by atoms with Crippen LogP contribution >= 0.6 is 0 Å². The fourth-order valence-electron chi connectivity index (χ4n) is 1.90. The summed E-state index contributed by atoms with van der Waals surface area (Å²) >= 11 is 0. The van der Waals surface area contributed by atoms with E-state index >= 15 is 0 Å². The van der Waals surface area contributed by atoms with Crippen LogP contribution in [0.15, 0.2) is 16.7 Å². The molecule has 1 aromatic carbocycles.